The highest BCUT2D eigenvalue weighted by Crippen LogP contribution is 2.41. The number of rotatable bonds is 4. The molecule has 0 unspecified atom stereocenters. The van der Waals surface area contributed by atoms with Crippen molar-refractivity contribution in [2.45, 2.75) is 4.90 Å². The Hall–Kier alpha value is -4.77. The molecule has 0 saturated heterocycles. The second-order valence-corrected chi connectivity index (χ2v) is 11.4. The summed E-state index contributed by atoms with van der Waals surface area (Å²) in [6.45, 7) is 0. The summed E-state index contributed by atoms with van der Waals surface area (Å²) in [6, 6.07) is 45.8. The third-order valence-corrected chi connectivity index (χ3v) is 8.51. The molecule has 0 bridgehead atoms. The van der Waals surface area contributed by atoms with Crippen molar-refractivity contribution < 1.29 is 13.0 Å². The van der Waals surface area contributed by atoms with Crippen LogP contribution in [-0.4, -0.2) is 13.0 Å². The van der Waals surface area contributed by atoms with Crippen LogP contribution in [-0.2, 0) is 10.1 Å². The zero-order chi connectivity index (χ0) is 27.3. The monoisotopic (exact) mass is 536 g/mol. The fraction of sp³-hybridized carbons (Fsp3) is 0. The van der Waals surface area contributed by atoms with Crippen molar-refractivity contribution in [3.05, 3.63) is 140 Å². The van der Waals surface area contributed by atoms with Gasteiger partial charge in [0.15, 0.2) is 0 Å². The van der Waals surface area contributed by atoms with Gasteiger partial charge in [-0.1, -0.05) is 109 Å². The Morgan fingerprint density at radius 2 is 0.725 bits per heavy atom. The maximum Gasteiger partial charge on any atom is 0.295 e. The van der Waals surface area contributed by atoms with Gasteiger partial charge in [0.25, 0.3) is 10.1 Å². The van der Waals surface area contributed by atoms with E-state index in [-0.39, 0.29) is 4.90 Å². The average molecular weight is 537 g/mol. The van der Waals surface area contributed by atoms with Crippen molar-refractivity contribution in [2.75, 3.05) is 0 Å². The van der Waals surface area contributed by atoms with Crippen LogP contribution in [0, 0.1) is 0 Å². The largest absolute Gasteiger partial charge is 0.295 e. The van der Waals surface area contributed by atoms with Crippen LogP contribution in [0.4, 0.5) is 0 Å². The van der Waals surface area contributed by atoms with E-state index < -0.39 is 10.1 Å². The summed E-state index contributed by atoms with van der Waals surface area (Å²) in [4.78, 5) is -0.0948. The molecule has 4 heteroatoms. The molecule has 0 atom stereocenters. The molecule has 7 rings (SSSR count). The molecule has 0 aliphatic rings. The van der Waals surface area contributed by atoms with Crippen LogP contribution in [0.1, 0.15) is 0 Å². The van der Waals surface area contributed by atoms with Gasteiger partial charge in [-0.25, -0.2) is 0 Å². The van der Waals surface area contributed by atoms with Crippen LogP contribution in [0.5, 0.6) is 0 Å². The Labute approximate surface area is 232 Å². The smallest absolute Gasteiger partial charge is 0.282 e. The van der Waals surface area contributed by atoms with Crippen LogP contribution in [0.25, 0.3) is 65.7 Å². The highest BCUT2D eigenvalue weighted by molar-refractivity contribution is 7.86. The predicted molar refractivity (Wildman–Crippen MR) is 165 cm³/mol. The minimum absolute atomic E-state index is 0.0948. The summed E-state index contributed by atoms with van der Waals surface area (Å²) in [5, 5.41) is 6.32. The van der Waals surface area contributed by atoms with E-state index in [9.17, 15) is 13.0 Å². The summed E-state index contributed by atoms with van der Waals surface area (Å²) in [7, 11) is -4.60. The van der Waals surface area contributed by atoms with Crippen molar-refractivity contribution in [2.24, 2.45) is 0 Å². The van der Waals surface area contributed by atoms with Gasteiger partial charge in [-0.2, -0.15) is 8.42 Å². The van der Waals surface area contributed by atoms with Gasteiger partial charge >= 0.3 is 0 Å². The summed E-state index contributed by atoms with van der Waals surface area (Å²) in [5.74, 6) is 0. The second kappa shape index (κ2) is 9.45. The van der Waals surface area contributed by atoms with E-state index in [1.54, 1.807) is 0 Å². The lowest BCUT2D eigenvalue weighted by molar-refractivity contribution is 0.484. The molecule has 0 fully saturated rings. The molecule has 192 valence electrons. The Morgan fingerprint density at radius 3 is 1.12 bits per heavy atom. The van der Waals surface area contributed by atoms with E-state index in [0.717, 1.165) is 54.6 Å². The minimum atomic E-state index is -4.60. The lowest BCUT2D eigenvalue weighted by Crippen LogP contribution is -2.05. The van der Waals surface area contributed by atoms with E-state index in [1.807, 2.05) is 109 Å². The number of hydrogen-bond donors (Lipinski definition) is 1. The van der Waals surface area contributed by atoms with Gasteiger partial charge < -0.3 is 0 Å². The molecule has 0 saturated carbocycles. The standard InChI is InChI=1S/C36H24O3S/c37-40(38,39)36-34(31-17-14-25-8-2-5-11-28(25)20-31)22-33(30-16-13-24-7-1-4-10-27(24)19-30)23-35(36)32-18-15-26-9-3-6-12-29(26)21-32/h1-23H,(H,37,38,39). The van der Waals surface area contributed by atoms with Crippen LogP contribution in [0.3, 0.4) is 0 Å². The van der Waals surface area contributed by atoms with Crippen molar-refractivity contribution >= 4 is 42.4 Å². The van der Waals surface area contributed by atoms with Crippen molar-refractivity contribution in [3.63, 3.8) is 0 Å². The summed E-state index contributed by atoms with van der Waals surface area (Å²) in [6.07, 6.45) is 0. The van der Waals surface area contributed by atoms with Crippen molar-refractivity contribution in [1.29, 1.82) is 0 Å². The quantitative estimate of drug-likeness (QED) is 0.228. The van der Waals surface area contributed by atoms with Gasteiger partial charge in [-0.05, 0) is 84.9 Å². The molecule has 40 heavy (non-hydrogen) atoms. The molecule has 7 aromatic rings. The fourth-order valence-corrected chi connectivity index (χ4v) is 6.49. The molecule has 0 aromatic heterocycles. The van der Waals surface area contributed by atoms with Gasteiger partial charge in [0.05, 0.1) is 0 Å². The minimum Gasteiger partial charge on any atom is -0.282 e. The normalized spacial score (nSPS) is 11.8. The van der Waals surface area contributed by atoms with E-state index in [0.29, 0.717) is 11.1 Å². The van der Waals surface area contributed by atoms with E-state index in [4.69, 9.17) is 0 Å². The molecule has 0 spiro atoms. The molecular weight excluding hydrogens is 512 g/mol. The molecule has 0 amide bonds. The summed E-state index contributed by atoms with van der Waals surface area (Å²) < 4.78 is 36.9. The number of fused-ring (bicyclic) bond motifs is 3. The molecule has 7 aromatic carbocycles. The second-order valence-electron chi connectivity index (χ2n) is 10.1. The highest BCUT2D eigenvalue weighted by atomic mass is 32.2. The van der Waals surface area contributed by atoms with Crippen LogP contribution in [0.15, 0.2) is 144 Å². The molecule has 3 nitrogen and oxygen atoms in total. The van der Waals surface area contributed by atoms with E-state index in [2.05, 4.69) is 30.3 Å². The van der Waals surface area contributed by atoms with Crippen molar-refractivity contribution in [1.82, 2.24) is 0 Å². The number of hydrogen-bond acceptors (Lipinski definition) is 2. The average Bonchev–Trinajstić information content (AvgIpc) is 2.99. The maximum atomic E-state index is 13.1. The van der Waals surface area contributed by atoms with Crippen LogP contribution >= 0.6 is 0 Å². The molecular formula is C36H24O3S. The van der Waals surface area contributed by atoms with Crippen LogP contribution in [0.2, 0.25) is 0 Å². The number of benzene rings is 7. The molecule has 0 heterocycles. The predicted octanol–water partition coefficient (Wildman–Crippen LogP) is 9.39. The highest BCUT2D eigenvalue weighted by Gasteiger charge is 2.24. The Morgan fingerprint density at radius 1 is 0.375 bits per heavy atom. The lowest BCUT2D eigenvalue weighted by Gasteiger charge is -2.17. The summed E-state index contributed by atoms with van der Waals surface area (Å²) in [5.41, 5.74) is 4.19. The van der Waals surface area contributed by atoms with Gasteiger partial charge in [-0.3, -0.25) is 4.55 Å². The van der Waals surface area contributed by atoms with Gasteiger partial charge in [0.1, 0.15) is 4.90 Å². The molecule has 0 aliphatic heterocycles. The van der Waals surface area contributed by atoms with Gasteiger partial charge in [0.2, 0.25) is 0 Å². The lowest BCUT2D eigenvalue weighted by atomic mass is 9.91. The maximum absolute atomic E-state index is 13.1. The van der Waals surface area contributed by atoms with E-state index >= 15 is 0 Å². The van der Waals surface area contributed by atoms with Gasteiger partial charge in [-0.15, -0.1) is 0 Å². The third kappa shape index (κ3) is 4.34. The SMILES string of the molecule is O=S(=O)(O)c1c(-c2ccc3ccccc3c2)cc(-c2ccc3ccccc3c2)cc1-c1ccc2ccccc2c1. The zero-order valence-corrected chi connectivity index (χ0v) is 22.3. The Balaban J connectivity index is 1.56. The van der Waals surface area contributed by atoms with Crippen molar-refractivity contribution in [3.8, 4) is 33.4 Å². The van der Waals surface area contributed by atoms with Crippen LogP contribution < -0.4 is 0 Å². The first-order chi connectivity index (χ1) is 19.4. The first-order valence-corrected chi connectivity index (χ1v) is 14.5. The van der Waals surface area contributed by atoms with E-state index in [1.165, 1.54) is 0 Å². The Bertz CT molecular complexity index is 2100. The topological polar surface area (TPSA) is 54.4 Å². The molecule has 0 aliphatic carbocycles. The Kier molecular flexibility index (Phi) is 5.74. The summed E-state index contributed by atoms with van der Waals surface area (Å²) >= 11 is 0. The first-order valence-electron chi connectivity index (χ1n) is 13.1. The first kappa shape index (κ1) is 24.3. The third-order valence-electron chi connectivity index (χ3n) is 7.55. The molecule has 1 N–H and O–H groups in total. The fourth-order valence-electron chi connectivity index (χ4n) is 5.58. The molecule has 0 radical (unpaired) electrons. The zero-order valence-electron chi connectivity index (χ0n) is 21.5. The van der Waals surface area contributed by atoms with Gasteiger partial charge in [0, 0.05) is 11.1 Å².